The number of anilines is 1. The van der Waals surface area contributed by atoms with Crippen LogP contribution in [0.1, 0.15) is 24.3 Å². The molecule has 1 N–H and O–H groups in total. The number of para-hydroxylation sites is 2. The van der Waals surface area contributed by atoms with Gasteiger partial charge in [-0.05, 0) is 44.0 Å². The van der Waals surface area contributed by atoms with Gasteiger partial charge in [0, 0.05) is 6.54 Å². The first-order chi connectivity index (χ1) is 12.2. The van der Waals surface area contributed by atoms with Crippen molar-refractivity contribution < 1.29 is 9.21 Å². The van der Waals surface area contributed by atoms with Crippen LogP contribution in [0.25, 0.3) is 11.0 Å². The lowest BCUT2D eigenvalue weighted by atomic mass is 10.2. The molecule has 1 amide bonds. The van der Waals surface area contributed by atoms with E-state index in [2.05, 4.69) is 15.2 Å². The van der Waals surface area contributed by atoms with Crippen LogP contribution < -0.4 is 10.2 Å². The van der Waals surface area contributed by atoms with Crippen molar-refractivity contribution in [3.05, 3.63) is 54.1 Å². The highest BCUT2D eigenvalue weighted by Crippen LogP contribution is 2.27. The summed E-state index contributed by atoms with van der Waals surface area (Å²) in [5, 5.41) is 2.96. The van der Waals surface area contributed by atoms with E-state index in [0.717, 1.165) is 47.7 Å². The quantitative estimate of drug-likeness (QED) is 0.793. The third kappa shape index (κ3) is 3.07. The molecule has 3 heterocycles. The van der Waals surface area contributed by atoms with Crippen LogP contribution in [-0.2, 0) is 11.3 Å². The zero-order valence-electron chi connectivity index (χ0n) is 14.1. The summed E-state index contributed by atoms with van der Waals surface area (Å²) in [6.07, 6.45) is 3.39. The summed E-state index contributed by atoms with van der Waals surface area (Å²) in [4.78, 5) is 24.1. The Bertz CT molecular complexity index is 892. The number of nitrogens with zero attached hydrogens (tertiary/aromatic N) is 3. The molecule has 4 rings (SSSR count). The number of carbonyl (C=O) groups excluding carboxylic acids is 1. The lowest BCUT2D eigenvalue weighted by Crippen LogP contribution is -2.43. The van der Waals surface area contributed by atoms with E-state index >= 15 is 0 Å². The highest BCUT2D eigenvalue weighted by molar-refractivity contribution is 5.86. The van der Waals surface area contributed by atoms with Gasteiger partial charge in [-0.3, -0.25) is 4.79 Å². The molecule has 2 aromatic heterocycles. The van der Waals surface area contributed by atoms with Crippen LogP contribution in [0.3, 0.4) is 0 Å². The van der Waals surface area contributed by atoms with Crippen molar-refractivity contribution in [1.29, 1.82) is 0 Å². The number of carbonyl (C=O) groups is 1. The monoisotopic (exact) mass is 336 g/mol. The van der Waals surface area contributed by atoms with Crippen LogP contribution in [0.5, 0.6) is 0 Å². The zero-order chi connectivity index (χ0) is 17.2. The molecule has 0 bridgehead atoms. The van der Waals surface area contributed by atoms with Crippen molar-refractivity contribution >= 4 is 22.8 Å². The summed E-state index contributed by atoms with van der Waals surface area (Å²) in [7, 11) is 0. The Morgan fingerprint density at radius 2 is 2.04 bits per heavy atom. The van der Waals surface area contributed by atoms with Crippen molar-refractivity contribution in [3.63, 3.8) is 0 Å². The first-order valence-electron chi connectivity index (χ1n) is 8.52. The average molecular weight is 336 g/mol. The molecule has 0 saturated carbocycles. The van der Waals surface area contributed by atoms with Gasteiger partial charge in [-0.1, -0.05) is 12.1 Å². The fourth-order valence-corrected chi connectivity index (χ4v) is 3.35. The van der Waals surface area contributed by atoms with E-state index in [1.165, 1.54) is 0 Å². The van der Waals surface area contributed by atoms with Crippen molar-refractivity contribution in [1.82, 2.24) is 15.3 Å². The molecule has 0 spiro atoms. The second-order valence-electron chi connectivity index (χ2n) is 6.27. The zero-order valence-corrected chi connectivity index (χ0v) is 14.1. The Balaban J connectivity index is 1.56. The standard InChI is InChI=1S/C19H20N4O2/c1-13-18(22-16-8-3-2-7-15(16)21-13)23-10-4-9-17(23)19(24)20-12-14-6-5-11-25-14/h2-3,5-8,11,17H,4,9-10,12H2,1H3,(H,20,24)/t17-/m0/s1. The number of benzene rings is 1. The van der Waals surface area contributed by atoms with Crippen LogP contribution in [0.15, 0.2) is 47.1 Å². The molecule has 1 aliphatic heterocycles. The molecule has 128 valence electrons. The van der Waals surface area contributed by atoms with E-state index in [9.17, 15) is 4.79 Å². The second-order valence-corrected chi connectivity index (χ2v) is 6.27. The molecule has 1 atom stereocenters. The molecule has 0 radical (unpaired) electrons. The maximum atomic E-state index is 12.7. The van der Waals surface area contributed by atoms with E-state index < -0.39 is 0 Å². The van der Waals surface area contributed by atoms with Gasteiger partial charge in [0.1, 0.15) is 11.8 Å². The number of hydrogen-bond donors (Lipinski definition) is 1. The Morgan fingerprint density at radius 1 is 1.24 bits per heavy atom. The fourth-order valence-electron chi connectivity index (χ4n) is 3.35. The minimum atomic E-state index is -0.218. The molecule has 1 fully saturated rings. The number of aromatic nitrogens is 2. The normalized spacial score (nSPS) is 17.2. The minimum absolute atomic E-state index is 0.00302. The summed E-state index contributed by atoms with van der Waals surface area (Å²) < 4.78 is 5.27. The largest absolute Gasteiger partial charge is 0.467 e. The molecule has 1 aromatic carbocycles. The number of hydrogen-bond acceptors (Lipinski definition) is 5. The summed E-state index contributed by atoms with van der Waals surface area (Å²) >= 11 is 0. The van der Waals surface area contributed by atoms with E-state index in [1.54, 1.807) is 6.26 Å². The van der Waals surface area contributed by atoms with E-state index in [-0.39, 0.29) is 11.9 Å². The summed E-state index contributed by atoms with van der Waals surface area (Å²) in [5.41, 5.74) is 2.58. The maximum Gasteiger partial charge on any atom is 0.243 e. The predicted molar refractivity (Wildman–Crippen MR) is 95.2 cm³/mol. The molecule has 1 saturated heterocycles. The smallest absolute Gasteiger partial charge is 0.243 e. The van der Waals surface area contributed by atoms with Crippen molar-refractivity contribution in [2.75, 3.05) is 11.4 Å². The topological polar surface area (TPSA) is 71.3 Å². The molecular weight excluding hydrogens is 316 g/mol. The fraction of sp³-hybridized carbons (Fsp3) is 0.316. The summed E-state index contributed by atoms with van der Waals surface area (Å²) in [6.45, 7) is 3.16. The van der Waals surface area contributed by atoms with Gasteiger partial charge in [0.2, 0.25) is 5.91 Å². The molecule has 0 unspecified atom stereocenters. The van der Waals surface area contributed by atoms with Gasteiger partial charge in [0.25, 0.3) is 0 Å². The van der Waals surface area contributed by atoms with Crippen LogP contribution in [0, 0.1) is 6.92 Å². The molecule has 6 nitrogen and oxygen atoms in total. The van der Waals surface area contributed by atoms with E-state index in [1.807, 2.05) is 43.3 Å². The highest BCUT2D eigenvalue weighted by atomic mass is 16.3. The molecule has 0 aliphatic carbocycles. The lowest BCUT2D eigenvalue weighted by molar-refractivity contribution is -0.122. The molecule has 6 heteroatoms. The first-order valence-corrected chi connectivity index (χ1v) is 8.52. The Kier molecular flexibility index (Phi) is 4.09. The van der Waals surface area contributed by atoms with E-state index in [0.29, 0.717) is 6.54 Å². The average Bonchev–Trinajstić information content (AvgIpc) is 3.30. The molecule has 1 aliphatic rings. The molecule has 25 heavy (non-hydrogen) atoms. The Labute approximate surface area is 145 Å². The van der Waals surface area contributed by atoms with Crippen molar-refractivity contribution in [2.24, 2.45) is 0 Å². The van der Waals surface area contributed by atoms with Crippen LogP contribution in [0.2, 0.25) is 0 Å². The summed E-state index contributed by atoms with van der Waals surface area (Å²) in [6, 6.07) is 11.3. The van der Waals surface area contributed by atoms with Crippen LogP contribution >= 0.6 is 0 Å². The molecular formula is C19H20N4O2. The van der Waals surface area contributed by atoms with Gasteiger partial charge in [-0.2, -0.15) is 0 Å². The lowest BCUT2D eigenvalue weighted by Gasteiger charge is -2.26. The SMILES string of the molecule is Cc1nc2ccccc2nc1N1CCC[C@H]1C(=O)NCc1ccco1. The number of nitrogens with one attached hydrogen (secondary N) is 1. The van der Waals surface area contributed by atoms with Gasteiger partial charge < -0.3 is 14.6 Å². The van der Waals surface area contributed by atoms with Gasteiger partial charge in [-0.25, -0.2) is 9.97 Å². The third-order valence-corrected chi connectivity index (χ3v) is 4.56. The van der Waals surface area contributed by atoms with Crippen molar-refractivity contribution in [3.8, 4) is 0 Å². The van der Waals surface area contributed by atoms with Gasteiger partial charge in [0.15, 0.2) is 5.82 Å². The van der Waals surface area contributed by atoms with Gasteiger partial charge in [-0.15, -0.1) is 0 Å². The number of amides is 1. The number of furan rings is 1. The number of fused-ring (bicyclic) bond motifs is 1. The van der Waals surface area contributed by atoms with E-state index in [4.69, 9.17) is 9.40 Å². The van der Waals surface area contributed by atoms with Crippen LogP contribution in [0.4, 0.5) is 5.82 Å². The first kappa shape index (κ1) is 15.6. The second kappa shape index (κ2) is 6.55. The number of rotatable bonds is 4. The molecule has 3 aromatic rings. The predicted octanol–water partition coefficient (Wildman–Crippen LogP) is 2.82. The number of aryl methyl sites for hydroxylation is 1. The summed E-state index contributed by atoms with van der Waals surface area (Å²) in [5.74, 6) is 1.55. The highest BCUT2D eigenvalue weighted by Gasteiger charge is 2.32. The van der Waals surface area contributed by atoms with Gasteiger partial charge in [0.05, 0.1) is 29.5 Å². The Morgan fingerprint density at radius 3 is 2.80 bits per heavy atom. The minimum Gasteiger partial charge on any atom is -0.467 e. The van der Waals surface area contributed by atoms with Gasteiger partial charge >= 0.3 is 0 Å². The third-order valence-electron chi connectivity index (χ3n) is 4.56. The Hall–Kier alpha value is -2.89. The maximum absolute atomic E-state index is 12.7. The van der Waals surface area contributed by atoms with Crippen LogP contribution in [-0.4, -0.2) is 28.5 Å². The van der Waals surface area contributed by atoms with Crippen molar-refractivity contribution in [2.45, 2.75) is 32.4 Å².